The first kappa shape index (κ1) is 23.7. The van der Waals surface area contributed by atoms with Gasteiger partial charge < -0.3 is 9.64 Å². The van der Waals surface area contributed by atoms with Gasteiger partial charge in [0.25, 0.3) is 0 Å². The lowest BCUT2D eigenvalue weighted by atomic mass is 10.0. The van der Waals surface area contributed by atoms with Gasteiger partial charge in [-0.15, -0.1) is 0 Å². The molecule has 0 spiro atoms. The number of amides is 1. The van der Waals surface area contributed by atoms with Crippen molar-refractivity contribution in [3.05, 3.63) is 107 Å². The molecular weight excluding hydrogens is 436 g/mol. The summed E-state index contributed by atoms with van der Waals surface area (Å²) in [7, 11) is 0. The van der Waals surface area contributed by atoms with Crippen LogP contribution in [0.5, 0.6) is 0 Å². The topological polar surface area (TPSA) is 45.7 Å². The molecule has 1 saturated heterocycles. The molecular formula is C27H27F2N3O2. The fourth-order valence-corrected chi connectivity index (χ4v) is 3.90. The largest absolute Gasteiger partial charge is 0.367 e. The Balaban J connectivity index is 1.28. The molecule has 0 bridgehead atoms. The highest BCUT2D eigenvalue weighted by Crippen LogP contribution is 2.26. The van der Waals surface area contributed by atoms with E-state index in [4.69, 9.17) is 4.74 Å². The number of pyridine rings is 1. The summed E-state index contributed by atoms with van der Waals surface area (Å²) in [6.45, 7) is 3.97. The van der Waals surface area contributed by atoms with Crippen molar-refractivity contribution in [1.82, 2.24) is 14.8 Å². The summed E-state index contributed by atoms with van der Waals surface area (Å²) in [6, 6.07) is 16.1. The number of piperazine rings is 1. The first-order valence-corrected chi connectivity index (χ1v) is 11.3. The second-order valence-corrected chi connectivity index (χ2v) is 8.14. The van der Waals surface area contributed by atoms with Crippen LogP contribution in [0.1, 0.15) is 22.8 Å². The summed E-state index contributed by atoms with van der Waals surface area (Å²) in [4.78, 5) is 20.6. The molecule has 0 N–H and O–H groups in total. The van der Waals surface area contributed by atoms with Crippen molar-refractivity contribution in [2.45, 2.75) is 6.10 Å². The summed E-state index contributed by atoms with van der Waals surface area (Å²) in [5.41, 5.74) is 2.51. The second kappa shape index (κ2) is 11.6. The van der Waals surface area contributed by atoms with Crippen LogP contribution in [0.4, 0.5) is 8.78 Å². The van der Waals surface area contributed by atoms with E-state index in [1.807, 2.05) is 17.0 Å². The van der Waals surface area contributed by atoms with Crippen molar-refractivity contribution in [3.63, 3.8) is 0 Å². The number of hydrogen-bond donors (Lipinski definition) is 0. The van der Waals surface area contributed by atoms with Gasteiger partial charge in [0.1, 0.15) is 17.7 Å². The summed E-state index contributed by atoms with van der Waals surface area (Å²) < 4.78 is 33.0. The Morgan fingerprint density at radius 2 is 1.56 bits per heavy atom. The maximum Gasteiger partial charge on any atom is 0.246 e. The molecule has 34 heavy (non-hydrogen) atoms. The van der Waals surface area contributed by atoms with E-state index in [1.165, 1.54) is 24.3 Å². The van der Waals surface area contributed by atoms with Crippen LogP contribution in [0, 0.1) is 11.6 Å². The van der Waals surface area contributed by atoms with Crippen LogP contribution in [-0.4, -0.2) is 60.0 Å². The minimum absolute atomic E-state index is 0.00700. The van der Waals surface area contributed by atoms with Gasteiger partial charge in [0, 0.05) is 51.2 Å². The van der Waals surface area contributed by atoms with Gasteiger partial charge in [-0.3, -0.25) is 14.7 Å². The highest BCUT2D eigenvalue weighted by Gasteiger charge is 2.21. The maximum atomic E-state index is 13.4. The summed E-state index contributed by atoms with van der Waals surface area (Å²) in [5.74, 6) is -0.638. The molecule has 1 fully saturated rings. The Hall–Kier alpha value is -3.42. The average molecular weight is 464 g/mol. The highest BCUT2D eigenvalue weighted by atomic mass is 19.1. The third-order valence-electron chi connectivity index (χ3n) is 5.82. The van der Waals surface area contributed by atoms with Gasteiger partial charge in [-0.2, -0.15) is 0 Å². The standard InChI is InChI=1S/C27H27F2N3O2/c28-24-8-4-22(5-9-24)27(23-6-10-25(29)11-7-23)34-19-18-31-14-16-32(17-15-31)26(33)12-3-21-2-1-13-30-20-21/h1-13,20,27H,14-19H2/b12-3+. The molecule has 1 aliphatic heterocycles. The van der Waals surface area contributed by atoms with Crippen LogP contribution in [0.25, 0.3) is 6.08 Å². The lowest BCUT2D eigenvalue weighted by molar-refractivity contribution is -0.127. The number of benzene rings is 2. The second-order valence-electron chi connectivity index (χ2n) is 8.14. The fraction of sp³-hybridized carbons (Fsp3) is 0.259. The van der Waals surface area contributed by atoms with E-state index in [0.29, 0.717) is 26.2 Å². The summed E-state index contributed by atoms with van der Waals surface area (Å²) >= 11 is 0. The minimum Gasteiger partial charge on any atom is -0.367 e. The van der Waals surface area contributed by atoms with Crippen LogP contribution < -0.4 is 0 Å². The molecule has 7 heteroatoms. The monoisotopic (exact) mass is 463 g/mol. The van der Waals surface area contributed by atoms with Crippen molar-refractivity contribution in [3.8, 4) is 0 Å². The van der Waals surface area contributed by atoms with Gasteiger partial charge in [-0.25, -0.2) is 8.78 Å². The quantitative estimate of drug-likeness (QED) is 0.467. The normalized spacial score (nSPS) is 14.7. The Morgan fingerprint density at radius 1 is 0.941 bits per heavy atom. The van der Waals surface area contributed by atoms with Gasteiger partial charge >= 0.3 is 0 Å². The molecule has 0 radical (unpaired) electrons. The van der Waals surface area contributed by atoms with Crippen molar-refractivity contribution in [1.29, 1.82) is 0 Å². The molecule has 0 unspecified atom stereocenters. The van der Waals surface area contributed by atoms with Crippen molar-refractivity contribution < 1.29 is 18.3 Å². The first-order chi connectivity index (χ1) is 16.6. The first-order valence-electron chi connectivity index (χ1n) is 11.3. The third-order valence-corrected chi connectivity index (χ3v) is 5.82. The van der Waals surface area contributed by atoms with Crippen molar-refractivity contribution in [2.24, 2.45) is 0 Å². The summed E-state index contributed by atoms with van der Waals surface area (Å²) in [5, 5.41) is 0. The molecule has 2 aromatic carbocycles. The minimum atomic E-state index is -0.415. The van der Waals surface area contributed by atoms with E-state index in [2.05, 4.69) is 9.88 Å². The molecule has 3 aromatic rings. The zero-order valence-corrected chi connectivity index (χ0v) is 18.8. The zero-order valence-electron chi connectivity index (χ0n) is 18.8. The molecule has 176 valence electrons. The molecule has 2 heterocycles. The Labute approximate surface area is 198 Å². The molecule has 0 saturated carbocycles. The van der Waals surface area contributed by atoms with Crippen molar-refractivity contribution in [2.75, 3.05) is 39.3 Å². The fourth-order valence-electron chi connectivity index (χ4n) is 3.90. The van der Waals surface area contributed by atoms with E-state index in [-0.39, 0.29) is 17.5 Å². The Bertz CT molecular complexity index is 1040. The number of carbonyl (C=O) groups excluding carboxylic acids is 1. The van der Waals surface area contributed by atoms with Gasteiger partial charge in [0.05, 0.1) is 6.61 Å². The third kappa shape index (κ3) is 6.56. The number of carbonyl (C=O) groups is 1. The predicted octanol–water partition coefficient (Wildman–Crippen LogP) is 4.32. The summed E-state index contributed by atoms with van der Waals surface area (Å²) in [6.07, 6.45) is 6.37. The van der Waals surface area contributed by atoms with Crippen LogP contribution in [0.3, 0.4) is 0 Å². The number of ether oxygens (including phenoxy) is 1. The van der Waals surface area contributed by atoms with E-state index < -0.39 is 6.10 Å². The van der Waals surface area contributed by atoms with Gasteiger partial charge in [-0.05, 0) is 53.1 Å². The lowest BCUT2D eigenvalue weighted by Crippen LogP contribution is -2.49. The van der Waals surface area contributed by atoms with Crippen LogP contribution in [-0.2, 0) is 9.53 Å². The van der Waals surface area contributed by atoms with E-state index in [9.17, 15) is 13.6 Å². The lowest BCUT2D eigenvalue weighted by Gasteiger charge is -2.34. The molecule has 0 aliphatic carbocycles. The molecule has 1 aliphatic rings. The maximum absolute atomic E-state index is 13.4. The van der Waals surface area contributed by atoms with E-state index in [0.717, 1.165) is 29.8 Å². The number of hydrogen-bond acceptors (Lipinski definition) is 4. The number of halogens is 2. The number of nitrogens with zero attached hydrogens (tertiary/aromatic N) is 3. The Kier molecular flexibility index (Phi) is 8.12. The average Bonchev–Trinajstić information content (AvgIpc) is 2.88. The SMILES string of the molecule is O=C(/C=C/c1cccnc1)N1CCN(CCOC(c2ccc(F)cc2)c2ccc(F)cc2)CC1. The number of aromatic nitrogens is 1. The van der Waals surface area contributed by atoms with Crippen LogP contribution in [0.15, 0.2) is 79.1 Å². The van der Waals surface area contributed by atoms with Crippen LogP contribution in [0.2, 0.25) is 0 Å². The zero-order chi connectivity index (χ0) is 23.8. The molecule has 0 atom stereocenters. The molecule has 1 amide bonds. The van der Waals surface area contributed by atoms with E-state index in [1.54, 1.807) is 48.8 Å². The Morgan fingerprint density at radius 3 is 2.12 bits per heavy atom. The van der Waals surface area contributed by atoms with Crippen LogP contribution >= 0.6 is 0 Å². The van der Waals surface area contributed by atoms with Gasteiger partial charge in [-0.1, -0.05) is 30.3 Å². The van der Waals surface area contributed by atoms with E-state index >= 15 is 0 Å². The predicted molar refractivity (Wildman–Crippen MR) is 127 cm³/mol. The highest BCUT2D eigenvalue weighted by molar-refractivity contribution is 5.91. The van der Waals surface area contributed by atoms with Crippen molar-refractivity contribution >= 4 is 12.0 Å². The molecule has 1 aromatic heterocycles. The van der Waals surface area contributed by atoms with Gasteiger partial charge in [0.2, 0.25) is 5.91 Å². The molecule has 5 nitrogen and oxygen atoms in total. The number of rotatable bonds is 8. The smallest absolute Gasteiger partial charge is 0.246 e. The van der Waals surface area contributed by atoms with Gasteiger partial charge in [0.15, 0.2) is 0 Å². The molecule has 4 rings (SSSR count).